The number of hydrogen-bond acceptors (Lipinski definition) is 4. The van der Waals surface area contributed by atoms with Crippen LogP contribution in [-0.4, -0.2) is 9.85 Å². The Morgan fingerprint density at radius 1 is 0.909 bits per heavy atom. The van der Waals surface area contributed by atoms with Crippen LogP contribution in [0.4, 0.5) is 15.8 Å². The predicted octanol–water partition coefficient (Wildman–Crippen LogP) is 4.24. The summed E-state index contributed by atoms with van der Waals surface area (Å²) in [5.74, 6) is -0.754. The molecule has 0 amide bonds. The van der Waals surface area contributed by atoms with Crippen molar-refractivity contribution in [2.75, 3.05) is 0 Å². The van der Waals surface area contributed by atoms with E-state index in [9.17, 15) is 24.6 Å². The third-order valence-corrected chi connectivity index (χ3v) is 5.99. The summed E-state index contributed by atoms with van der Waals surface area (Å²) in [5.41, 5.74) is -3.05. The van der Waals surface area contributed by atoms with Crippen molar-refractivity contribution in [3.05, 3.63) is 43.2 Å². The zero-order valence-electron chi connectivity index (χ0n) is 13.5. The molecule has 6 nitrogen and oxygen atoms in total. The Balaban J connectivity index is 3.08. The lowest BCUT2D eigenvalue weighted by Crippen LogP contribution is -2.42. The van der Waals surface area contributed by atoms with E-state index >= 15 is 0 Å². The highest BCUT2D eigenvalue weighted by Crippen LogP contribution is 2.64. The number of hydrogen-bond donors (Lipinski definition) is 0. The molecule has 0 unspecified atom stereocenters. The Labute approximate surface area is 127 Å². The maximum absolute atomic E-state index is 14.6. The van der Waals surface area contributed by atoms with Crippen molar-refractivity contribution in [2.24, 2.45) is 5.41 Å². The van der Waals surface area contributed by atoms with Crippen molar-refractivity contribution in [2.45, 2.75) is 52.4 Å². The summed E-state index contributed by atoms with van der Waals surface area (Å²) in [7, 11) is 0. The largest absolute Gasteiger partial charge is 0.350 e. The first-order chi connectivity index (χ1) is 9.78. The maximum atomic E-state index is 14.6. The van der Waals surface area contributed by atoms with Gasteiger partial charge in [0.25, 0.3) is 0 Å². The van der Waals surface area contributed by atoms with Gasteiger partial charge in [0.15, 0.2) is 0 Å². The van der Waals surface area contributed by atoms with Crippen LogP contribution in [0.25, 0.3) is 0 Å². The molecule has 22 heavy (non-hydrogen) atoms. The molecule has 0 bridgehead atoms. The van der Waals surface area contributed by atoms with Crippen molar-refractivity contribution < 1.29 is 14.2 Å². The minimum atomic E-state index is -0.893. The van der Waals surface area contributed by atoms with Crippen LogP contribution in [0.5, 0.6) is 0 Å². The van der Waals surface area contributed by atoms with Crippen LogP contribution in [0, 0.1) is 31.5 Å². The van der Waals surface area contributed by atoms with Crippen molar-refractivity contribution in [1.29, 1.82) is 0 Å². The van der Waals surface area contributed by atoms with Crippen LogP contribution < -0.4 is 0 Å². The average Bonchev–Trinajstić information content (AvgIpc) is 2.45. The molecule has 7 heteroatoms. The summed E-state index contributed by atoms with van der Waals surface area (Å²) in [6, 6.07) is 0.677. The van der Waals surface area contributed by atoms with Gasteiger partial charge in [0.05, 0.1) is 21.5 Å². The Hall–Kier alpha value is -2.05. The van der Waals surface area contributed by atoms with E-state index in [1.54, 1.807) is 13.8 Å². The fourth-order valence-corrected chi connectivity index (χ4v) is 3.58. The van der Waals surface area contributed by atoms with Gasteiger partial charge >= 0.3 is 11.4 Å². The Bertz CT molecular complexity index is 708. The molecule has 0 N–H and O–H groups in total. The fourth-order valence-electron chi connectivity index (χ4n) is 3.58. The van der Waals surface area contributed by atoms with E-state index in [4.69, 9.17) is 0 Å². The molecular formula is C15H19FN2O4. The molecule has 2 rings (SSSR count). The first-order valence-corrected chi connectivity index (χ1v) is 6.94. The summed E-state index contributed by atoms with van der Waals surface area (Å²) < 4.78 is 14.6. The molecule has 0 radical (unpaired) electrons. The van der Waals surface area contributed by atoms with E-state index in [2.05, 4.69) is 0 Å². The van der Waals surface area contributed by atoms with E-state index in [0.717, 1.165) is 0 Å². The molecule has 0 atom stereocenters. The number of nitro benzene ring substituents is 2. The molecule has 0 aliphatic heterocycles. The van der Waals surface area contributed by atoms with Gasteiger partial charge in [-0.25, -0.2) is 4.39 Å². The van der Waals surface area contributed by atoms with Gasteiger partial charge in [-0.15, -0.1) is 0 Å². The smallest absolute Gasteiger partial charge is 0.258 e. The molecule has 1 aromatic rings. The normalized spacial score (nSPS) is 20.5. The van der Waals surface area contributed by atoms with E-state index in [1.807, 2.05) is 27.7 Å². The summed E-state index contributed by atoms with van der Waals surface area (Å²) in [5, 5.41) is 22.6. The lowest BCUT2D eigenvalue weighted by molar-refractivity contribution is -0.423. The molecule has 1 aliphatic rings. The molecule has 0 aromatic heterocycles. The highest BCUT2D eigenvalue weighted by molar-refractivity contribution is 5.68. The van der Waals surface area contributed by atoms with Gasteiger partial charge in [-0.05, 0) is 10.8 Å². The lowest BCUT2D eigenvalue weighted by Gasteiger charge is -2.44. The predicted molar refractivity (Wildman–Crippen MR) is 79.5 cm³/mol. The Morgan fingerprint density at radius 3 is 1.77 bits per heavy atom. The van der Waals surface area contributed by atoms with Crippen LogP contribution in [0.15, 0.2) is 6.07 Å². The van der Waals surface area contributed by atoms with E-state index in [0.29, 0.717) is 6.07 Å². The molecule has 1 aliphatic carbocycles. The third kappa shape index (κ3) is 1.65. The maximum Gasteiger partial charge on any atom is 0.350 e. The van der Waals surface area contributed by atoms with Gasteiger partial charge < -0.3 is 0 Å². The van der Waals surface area contributed by atoms with Crippen molar-refractivity contribution >= 4 is 11.4 Å². The number of benzene rings is 1. The number of nitro groups is 2. The second kappa shape index (κ2) is 4.24. The SMILES string of the molecule is CC1(C)c2c(F)cc([N+](=O)[O-])c([N+](=O)[O-])c2C(C)(C)C1(C)C. The summed E-state index contributed by atoms with van der Waals surface area (Å²) in [6.45, 7) is 11.0. The number of nitrogens with zero attached hydrogens (tertiary/aromatic N) is 2. The van der Waals surface area contributed by atoms with E-state index < -0.39 is 43.3 Å². The second-order valence-corrected chi connectivity index (χ2v) is 7.37. The fraction of sp³-hybridized carbons (Fsp3) is 0.600. The molecular weight excluding hydrogens is 291 g/mol. The molecule has 0 heterocycles. The number of fused-ring (bicyclic) bond motifs is 1. The Kier molecular flexibility index (Phi) is 3.15. The minimum Gasteiger partial charge on any atom is -0.258 e. The second-order valence-electron chi connectivity index (χ2n) is 7.37. The van der Waals surface area contributed by atoms with E-state index in [1.165, 1.54) is 0 Å². The highest BCUT2D eigenvalue weighted by atomic mass is 19.1. The van der Waals surface area contributed by atoms with Crippen molar-refractivity contribution in [3.63, 3.8) is 0 Å². The first kappa shape index (κ1) is 16.3. The van der Waals surface area contributed by atoms with Crippen LogP contribution >= 0.6 is 0 Å². The monoisotopic (exact) mass is 310 g/mol. The zero-order chi connectivity index (χ0) is 17.2. The molecule has 0 spiro atoms. The van der Waals surface area contributed by atoms with Gasteiger partial charge in [-0.3, -0.25) is 20.2 Å². The number of halogens is 1. The highest BCUT2D eigenvalue weighted by Gasteiger charge is 2.62. The molecule has 0 saturated heterocycles. The lowest BCUT2D eigenvalue weighted by atomic mass is 9.59. The summed E-state index contributed by atoms with van der Waals surface area (Å²) in [6.07, 6.45) is 0. The van der Waals surface area contributed by atoms with Crippen LogP contribution in [0.2, 0.25) is 0 Å². The van der Waals surface area contributed by atoms with Crippen molar-refractivity contribution in [3.8, 4) is 0 Å². The minimum absolute atomic E-state index is 0.138. The first-order valence-electron chi connectivity index (χ1n) is 6.94. The topological polar surface area (TPSA) is 86.3 Å². The molecule has 0 fully saturated rings. The number of rotatable bonds is 2. The van der Waals surface area contributed by atoms with Crippen molar-refractivity contribution in [1.82, 2.24) is 0 Å². The van der Waals surface area contributed by atoms with E-state index in [-0.39, 0.29) is 11.1 Å². The van der Waals surface area contributed by atoms with Gasteiger partial charge in [-0.1, -0.05) is 41.5 Å². The Morgan fingerprint density at radius 2 is 1.36 bits per heavy atom. The van der Waals surface area contributed by atoms with Gasteiger partial charge in [0.2, 0.25) is 0 Å². The van der Waals surface area contributed by atoms with Crippen LogP contribution in [0.3, 0.4) is 0 Å². The van der Waals surface area contributed by atoms with Gasteiger partial charge in [0, 0.05) is 11.0 Å². The third-order valence-electron chi connectivity index (χ3n) is 5.99. The van der Waals surface area contributed by atoms with Crippen LogP contribution in [-0.2, 0) is 10.8 Å². The van der Waals surface area contributed by atoms with Gasteiger partial charge in [0.1, 0.15) is 5.82 Å². The molecule has 1 aromatic carbocycles. The molecule has 0 saturated carbocycles. The standard InChI is InChI=1S/C15H19FN2O4/c1-13(2)10-8(16)7-9(17(19)20)12(18(21)22)11(10)14(3,4)15(13,5)6/h7H,1-6H3. The van der Waals surface area contributed by atoms with Gasteiger partial charge in [-0.2, -0.15) is 0 Å². The summed E-state index contributed by atoms with van der Waals surface area (Å²) >= 11 is 0. The quantitative estimate of drug-likeness (QED) is 0.604. The molecule has 120 valence electrons. The van der Waals surface area contributed by atoms with Crippen LogP contribution in [0.1, 0.15) is 52.7 Å². The zero-order valence-corrected chi connectivity index (χ0v) is 13.5. The average molecular weight is 310 g/mol. The summed E-state index contributed by atoms with van der Waals surface area (Å²) in [4.78, 5) is 21.0.